The molecule has 0 saturated carbocycles. The quantitative estimate of drug-likeness (QED) is 0.651. The van der Waals surface area contributed by atoms with E-state index in [0.29, 0.717) is 6.54 Å². The van der Waals surface area contributed by atoms with E-state index in [-0.39, 0.29) is 11.3 Å². The van der Waals surface area contributed by atoms with Gasteiger partial charge in [-0.2, -0.15) is 5.26 Å². The lowest BCUT2D eigenvalue weighted by Crippen LogP contribution is -2.08. The SMILES string of the molecule is CC(C#N)Cn1ccc(=O)cc1. The molecule has 0 fully saturated rings. The Morgan fingerprint density at radius 2 is 2.17 bits per heavy atom. The molecule has 3 heteroatoms. The summed E-state index contributed by atoms with van der Waals surface area (Å²) < 4.78 is 1.83. The van der Waals surface area contributed by atoms with Gasteiger partial charge in [0.25, 0.3) is 0 Å². The topological polar surface area (TPSA) is 45.8 Å². The summed E-state index contributed by atoms with van der Waals surface area (Å²) in [5.41, 5.74) is -0.00383. The monoisotopic (exact) mass is 162 g/mol. The summed E-state index contributed by atoms with van der Waals surface area (Å²) in [5, 5.41) is 8.53. The maximum Gasteiger partial charge on any atom is 0.181 e. The zero-order valence-corrected chi connectivity index (χ0v) is 6.90. The standard InChI is InChI=1S/C9H10N2O/c1-8(6-10)7-11-4-2-9(12)3-5-11/h2-5,8H,7H2,1H3. The number of hydrogen-bond acceptors (Lipinski definition) is 2. The van der Waals surface area contributed by atoms with Crippen LogP contribution in [0.1, 0.15) is 6.92 Å². The molecule has 62 valence electrons. The Morgan fingerprint density at radius 1 is 1.58 bits per heavy atom. The van der Waals surface area contributed by atoms with Crippen molar-refractivity contribution in [2.75, 3.05) is 0 Å². The maximum atomic E-state index is 10.7. The van der Waals surface area contributed by atoms with Crippen molar-refractivity contribution in [1.29, 1.82) is 5.26 Å². The molecular formula is C9H10N2O. The molecule has 0 aliphatic rings. The molecule has 1 atom stereocenters. The average molecular weight is 162 g/mol. The third-order valence-electron chi connectivity index (χ3n) is 1.57. The van der Waals surface area contributed by atoms with Gasteiger partial charge in [0.15, 0.2) is 5.43 Å². The first-order valence-electron chi connectivity index (χ1n) is 3.78. The van der Waals surface area contributed by atoms with E-state index in [1.54, 1.807) is 12.4 Å². The molecule has 1 heterocycles. The van der Waals surface area contributed by atoms with Crippen LogP contribution in [0.2, 0.25) is 0 Å². The number of rotatable bonds is 2. The van der Waals surface area contributed by atoms with Crippen molar-refractivity contribution < 1.29 is 0 Å². The predicted octanol–water partition coefficient (Wildman–Crippen LogP) is 1.01. The first kappa shape index (κ1) is 8.54. The summed E-state index contributed by atoms with van der Waals surface area (Å²) >= 11 is 0. The minimum absolute atomic E-state index is 0.00383. The molecule has 3 nitrogen and oxygen atoms in total. The normalized spacial score (nSPS) is 12.0. The lowest BCUT2D eigenvalue weighted by Gasteiger charge is -2.05. The summed E-state index contributed by atoms with van der Waals surface area (Å²) in [6.07, 6.45) is 3.38. The predicted molar refractivity (Wildman–Crippen MR) is 45.5 cm³/mol. The van der Waals surface area contributed by atoms with Crippen molar-refractivity contribution in [2.24, 2.45) is 5.92 Å². The molecule has 0 aliphatic heterocycles. The van der Waals surface area contributed by atoms with Gasteiger partial charge in [-0.05, 0) is 6.92 Å². The molecule has 0 N–H and O–H groups in total. The van der Waals surface area contributed by atoms with Crippen molar-refractivity contribution in [3.05, 3.63) is 34.7 Å². The lowest BCUT2D eigenvalue weighted by atomic mass is 10.2. The molecular weight excluding hydrogens is 152 g/mol. The first-order valence-corrected chi connectivity index (χ1v) is 3.78. The fourth-order valence-corrected chi connectivity index (χ4v) is 0.922. The average Bonchev–Trinajstić information content (AvgIpc) is 2.09. The minimum Gasteiger partial charge on any atom is -0.353 e. The zero-order chi connectivity index (χ0) is 8.97. The number of aromatic nitrogens is 1. The van der Waals surface area contributed by atoms with Crippen LogP contribution in [0.4, 0.5) is 0 Å². The third kappa shape index (κ3) is 2.24. The number of nitrogens with zero attached hydrogens (tertiary/aromatic N) is 2. The minimum atomic E-state index is -0.0208. The van der Waals surface area contributed by atoms with E-state index >= 15 is 0 Å². The fraction of sp³-hybridized carbons (Fsp3) is 0.333. The Morgan fingerprint density at radius 3 is 2.67 bits per heavy atom. The van der Waals surface area contributed by atoms with E-state index < -0.39 is 0 Å². The molecule has 12 heavy (non-hydrogen) atoms. The molecule has 0 amide bonds. The first-order chi connectivity index (χ1) is 5.72. The van der Waals surface area contributed by atoms with Gasteiger partial charge in [-0.3, -0.25) is 4.79 Å². The van der Waals surface area contributed by atoms with Gasteiger partial charge in [-0.25, -0.2) is 0 Å². The summed E-state index contributed by atoms with van der Waals surface area (Å²) in [6.45, 7) is 2.48. The van der Waals surface area contributed by atoms with Crippen molar-refractivity contribution >= 4 is 0 Å². The molecule has 1 aromatic heterocycles. The highest BCUT2D eigenvalue weighted by molar-refractivity contribution is 4.94. The van der Waals surface area contributed by atoms with Gasteiger partial charge in [0, 0.05) is 31.1 Å². The van der Waals surface area contributed by atoms with Crippen LogP contribution >= 0.6 is 0 Å². The van der Waals surface area contributed by atoms with Crippen molar-refractivity contribution in [3.8, 4) is 6.07 Å². The second kappa shape index (κ2) is 3.72. The lowest BCUT2D eigenvalue weighted by molar-refractivity contribution is 0.577. The van der Waals surface area contributed by atoms with E-state index in [2.05, 4.69) is 6.07 Å². The van der Waals surface area contributed by atoms with Crippen LogP contribution in [0, 0.1) is 17.2 Å². The van der Waals surface area contributed by atoms with Gasteiger partial charge in [0.1, 0.15) is 0 Å². The third-order valence-corrected chi connectivity index (χ3v) is 1.57. The van der Waals surface area contributed by atoms with E-state index in [9.17, 15) is 4.79 Å². The summed E-state index contributed by atoms with van der Waals surface area (Å²) in [5.74, 6) is -0.0208. The number of hydrogen-bond donors (Lipinski definition) is 0. The van der Waals surface area contributed by atoms with Crippen molar-refractivity contribution in [3.63, 3.8) is 0 Å². The Balaban J connectivity index is 2.72. The van der Waals surface area contributed by atoms with Gasteiger partial charge in [0.05, 0.1) is 12.0 Å². The second-order valence-corrected chi connectivity index (χ2v) is 2.76. The molecule has 1 aromatic rings. The zero-order valence-electron chi connectivity index (χ0n) is 6.90. The van der Waals surface area contributed by atoms with Crippen molar-refractivity contribution in [1.82, 2.24) is 4.57 Å². The Labute approximate surface area is 70.9 Å². The molecule has 0 aromatic carbocycles. The summed E-state index contributed by atoms with van der Waals surface area (Å²) in [4.78, 5) is 10.7. The largest absolute Gasteiger partial charge is 0.353 e. The van der Waals surface area contributed by atoms with Gasteiger partial charge in [-0.1, -0.05) is 0 Å². The second-order valence-electron chi connectivity index (χ2n) is 2.76. The highest BCUT2D eigenvalue weighted by atomic mass is 16.1. The molecule has 0 aliphatic carbocycles. The number of pyridine rings is 1. The smallest absolute Gasteiger partial charge is 0.181 e. The van der Waals surface area contributed by atoms with E-state index in [0.717, 1.165) is 0 Å². The van der Waals surface area contributed by atoms with Gasteiger partial charge >= 0.3 is 0 Å². The van der Waals surface area contributed by atoms with Crippen LogP contribution in [0.15, 0.2) is 29.3 Å². The van der Waals surface area contributed by atoms with Crippen LogP contribution in [0.5, 0.6) is 0 Å². The molecule has 1 unspecified atom stereocenters. The van der Waals surface area contributed by atoms with Crippen LogP contribution in [0.25, 0.3) is 0 Å². The fourth-order valence-electron chi connectivity index (χ4n) is 0.922. The molecule has 0 spiro atoms. The van der Waals surface area contributed by atoms with E-state index in [1.807, 2.05) is 11.5 Å². The number of nitriles is 1. The molecule has 1 rings (SSSR count). The van der Waals surface area contributed by atoms with Crippen LogP contribution < -0.4 is 5.43 Å². The van der Waals surface area contributed by atoms with Gasteiger partial charge in [-0.15, -0.1) is 0 Å². The molecule has 0 bridgehead atoms. The van der Waals surface area contributed by atoms with Crippen molar-refractivity contribution in [2.45, 2.75) is 13.5 Å². The maximum absolute atomic E-state index is 10.7. The van der Waals surface area contributed by atoms with Crippen LogP contribution in [0.3, 0.4) is 0 Å². The highest BCUT2D eigenvalue weighted by Crippen LogP contribution is 1.96. The van der Waals surface area contributed by atoms with Crippen LogP contribution in [-0.2, 0) is 6.54 Å². The molecule has 0 radical (unpaired) electrons. The Kier molecular flexibility index (Phi) is 2.65. The summed E-state index contributed by atoms with van der Waals surface area (Å²) in [7, 11) is 0. The Bertz CT molecular complexity index is 328. The van der Waals surface area contributed by atoms with E-state index in [1.165, 1.54) is 12.1 Å². The van der Waals surface area contributed by atoms with Gasteiger partial charge in [0.2, 0.25) is 0 Å². The molecule has 0 saturated heterocycles. The summed E-state index contributed by atoms with van der Waals surface area (Å²) in [6, 6.07) is 5.11. The van der Waals surface area contributed by atoms with Crippen LogP contribution in [-0.4, -0.2) is 4.57 Å². The van der Waals surface area contributed by atoms with Gasteiger partial charge < -0.3 is 4.57 Å². The van der Waals surface area contributed by atoms with E-state index in [4.69, 9.17) is 5.26 Å². The highest BCUT2D eigenvalue weighted by Gasteiger charge is 1.98. The Hall–Kier alpha value is -1.56.